The van der Waals surface area contributed by atoms with E-state index in [9.17, 15) is 8.42 Å². The van der Waals surface area contributed by atoms with Crippen LogP contribution in [0.15, 0.2) is 12.4 Å². The standard InChI is InChI=1S/C8H12ClN3O2S/c1-6(2-3-15(10,13)14)8-11-4-7(9)5-12-8/h4-6H,2-3H2,1H3,(H2,10,13,14). The first-order valence-corrected chi connectivity index (χ1v) is 6.46. The molecule has 0 amide bonds. The van der Waals surface area contributed by atoms with Crippen LogP contribution in [0, 0.1) is 0 Å². The highest BCUT2D eigenvalue weighted by Crippen LogP contribution is 2.15. The number of sulfonamides is 1. The van der Waals surface area contributed by atoms with Crippen LogP contribution in [0.1, 0.15) is 25.1 Å². The summed E-state index contributed by atoms with van der Waals surface area (Å²) in [6, 6.07) is 0. The molecule has 0 bridgehead atoms. The van der Waals surface area contributed by atoms with Crippen LogP contribution in [0.2, 0.25) is 5.02 Å². The lowest BCUT2D eigenvalue weighted by molar-refractivity contribution is 0.587. The number of hydrogen-bond donors (Lipinski definition) is 1. The molecule has 0 aromatic carbocycles. The molecule has 84 valence electrons. The second-order valence-electron chi connectivity index (χ2n) is 3.32. The zero-order chi connectivity index (χ0) is 11.5. The second-order valence-corrected chi connectivity index (χ2v) is 5.49. The van der Waals surface area contributed by atoms with Crippen LogP contribution in [0.3, 0.4) is 0 Å². The zero-order valence-corrected chi connectivity index (χ0v) is 9.79. The highest BCUT2D eigenvalue weighted by atomic mass is 35.5. The Bertz CT molecular complexity index is 418. The lowest BCUT2D eigenvalue weighted by Crippen LogP contribution is -2.18. The summed E-state index contributed by atoms with van der Waals surface area (Å²) in [5, 5.41) is 5.35. The number of nitrogens with zero attached hydrogens (tertiary/aromatic N) is 2. The molecule has 1 rings (SSSR count). The van der Waals surface area contributed by atoms with Crippen LogP contribution in [-0.2, 0) is 10.0 Å². The normalized spacial score (nSPS) is 13.8. The predicted molar refractivity (Wildman–Crippen MR) is 58.0 cm³/mol. The third-order valence-electron chi connectivity index (χ3n) is 1.92. The Hall–Kier alpha value is -0.720. The van der Waals surface area contributed by atoms with Crippen molar-refractivity contribution in [2.75, 3.05) is 5.75 Å². The quantitative estimate of drug-likeness (QED) is 0.860. The molecular weight excluding hydrogens is 238 g/mol. The van der Waals surface area contributed by atoms with E-state index in [1.807, 2.05) is 6.92 Å². The molecule has 5 nitrogen and oxygen atoms in total. The SMILES string of the molecule is CC(CCS(N)(=O)=O)c1ncc(Cl)cn1. The molecular formula is C8H12ClN3O2S. The van der Waals surface area contributed by atoms with E-state index in [2.05, 4.69) is 9.97 Å². The molecule has 1 unspecified atom stereocenters. The molecule has 0 aliphatic carbocycles. The predicted octanol–water partition coefficient (Wildman–Crippen LogP) is 0.912. The Labute approximate surface area is 93.7 Å². The Morgan fingerprint density at radius 1 is 1.47 bits per heavy atom. The van der Waals surface area contributed by atoms with Gasteiger partial charge in [-0.15, -0.1) is 0 Å². The molecule has 0 aliphatic heterocycles. The van der Waals surface area contributed by atoms with Crippen LogP contribution in [0.25, 0.3) is 0 Å². The molecule has 7 heteroatoms. The molecule has 1 aromatic heterocycles. The topological polar surface area (TPSA) is 85.9 Å². The highest BCUT2D eigenvalue weighted by Gasteiger charge is 2.12. The fourth-order valence-corrected chi connectivity index (χ4v) is 1.83. The molecule has 0 radical (unpaired) electrons. The van der Waals surface area contributed by atoms with Crippen molar-refractivity contribution in [1.29, 1.82) is 0 Å². The average molecular weight is 250 g/mol. The largest absolute Gasteiger partial charge is 0.240 e. The fraction of sp³-hybridized carbons (Fsp3) is 0.500. The van der Waals surface area contributed by atoms with E-state index >= 15 is 0 Å². The molecule has 0 fully saturated rings. The molecule has 2 N–H and O–H groups in total. The minimum atomic E-state index is -3.42. The first-order valence-electron chi connectivity index (χ1n) is 4.36. The minimum absolute atomic E-state index is 0.0550. The van der Waals surface area contributed by atoms with Gasteiger partial charge in [0.25, 0.3) is 0 Å². The van der Waals surface area contributed by atoms with Gasteiger partial charge in [0.1, 0.15) is 5.82 Å². The van der Waals surface area contributed by atoms with Gasteiger partial charge >= 0.3 is 0 Å². The lowest BCUT2D eigenvalue weighted by Gasteiger charge is -2.08. The Balaban J connectivity index is 2.61. The zero-order valence-electron chi connectivity index (χ0n) is 8.22. The average Bonchev–Trinajstić information content (AvgIpc) is 2.14. The number of rotatable bonds is 4. The van der Waals surface area contributed by atoms with Crippen LogP contribution < -0.4 is 5.14 Å². The molecule has 0 spiro atoms. The monoisotopic (exact) mass is 249 g/mol. The maximum Gasteiger partial charge on any atom is 0.209 e. The van der Waals surface area contributed by atoms with Gasteiger partial charge in [-0.1, -0.05) is 18.5 Å². The third-order valence-corrected chi connectivity index (χ3v) is 2.92. The minimum Gasteiger partial charge on any atom is -0.240 e. The van der Waals surface area contributed by atoms with Gasteiger partial charge in [-0.2, -0.15) is 0 Å². The van der Waals surface area contributed by atoms with Crippen molar-refractivity contribution < 1.29 is 8.42 Å². The maximum absolute atomic E-state index is 10.7. The first-order chi connectivity index (χ1) is 6.88. The number of nitrogens with two attached hydrogens (primary N) is 1. The first kappa shape index (κ1) is 12.4. The second kappa shape index (κ2) is 4.87. The Morgan fingerprint density at radius 2 is 2.00 bits per heavy atom. The maximum atomic E-state index is 10.7. The van der Waals surface area contributed by atoms with E-state index in [0.717, 1.165) is 0 Å². The molecule has 0 aliphatic rings. The Morgan fingerprint density at radius 3 is 2.47 bits per heavy atom. The van der Waals surface area contributed by atoms with Crippen LogP contribution in [0.5, 0.6) is 0 Å². The van der Waals surface area contributed by atoms with Crippen molar-refractivity contribution in [2.24, 2.45) is 5.14 Å². The fourth-order valence-electron chi connectivity index (χ4n) is 1.05. The van der Waals surface area contributed by atoms with Gasteiger partial charge in [0.2, 0.25) is 10.0 Å². The molecule has 1 aromatic rings. The molecule has 0 saturated heterocycles. The van der Waals surface area contributed by atoms with E-state index in [1.165, 1.54) is 12.4 Å². The van der Waals surface area contributed by atoms with Crippen molar-refractivity contribution in [2.45, 2.75) is 19.3 Å². The van der Waals surface area contributed by atoms with E-state index < -0.39 is 10.0 Å². The highest BCUT2D eigenvalue weighted by molar-refractivity contribution is 7.89. The van der Waals surface area contributed by atoms with Crippen molar-refractivity contribution in [3.8, 4) is 0 Å². The number of hydrogen-bond acceptors (Lipinski definition) is 4. The van der Waals surface area contributed by atoms with Gasteiger partial charge in [0.05, 0.1) is 10.8 Å². The van der Waals surface area contributed by atoms with E-state index in [1.54, 1.807) is 0 Å². The van der Waals surface area contributed by atoms with Gasteiger partial charge in [-0.05, 0) is 6.42 Å². The van der Waals surface area contributed by atoms with Gasteiger partial charge in [0, 0.05) is 18.3 Å². The number of primary sulfonamides is 1. The summed E-state index contributed by atoms with van der Waals surface area (Å²) < 4.78 is 21.5. The summed E-state index contributed by atoms with van der Waals surface area (Å²) in [6.45, 7) is 1.84. The van der Waals surface area contributed by atoms with E-state index in [4.69, 9.17) is 16.7 Å². The van der Waals surface area contributed by atoms with Gasteiger partial charge in [-0.3, -0.25) is 0 Å². The van der Waals surface area contributed by atoms with Crippen molar-refractivity contribution in [1.82, 2.24) is 9.97 Å². The number of aromatic nitrogens is 2. The molecule has 1 heterocycles. The van der Waals surface area contributed by atoms with Crippen LogP contribution >= 0.6 is 11.6 Å². The van der Waals surface area contributed by atoms with Crippen molar-refractivity contribution >= 4 is 21.6 Å². The summed E-state index contributed by atoms with van der Waals surface area (Å²) in [6.07, 6.45) is 3.37. The Kier molecular flexibility index (Phi) is 4.01. The summed E-state index contributed by atoms with van der Waals surface area (Å²) >= 11 is 5.63. The van der Waals surface area contributed by atoms with Crippen LogP contribution in [-0.4, -0.2) is 24.1 Å². The summed E-state index contributed by atoms with van der Waals surface area (Å²) in [4.78, 5) is 8.00. The van der Waals surface area contributed by atoms with E-state index in [0.29, 0.717) is 17.3 Å². The summed E-state index contributed by atoms with van der Waals surface area (Å²) in [7, 11) is -3.42. The van der Waals surface area contributed by atoms with Gasteiger partial charge in [0.15, 0.2) is 0 Å². The van der Waals surface area contributed by atoms with E-state index in [-0.39, 0.29) is 11.7 Å². The molecule has 1 atom stereocenters. The van der Waals surface area contributed by atoms with Crippen molar-refractivity contribution in [3.63, 3.8) is 0 Å². The third kappa shape index (κ3) is 4.55. The van der Waals surface area contributed by atoms with Gasteiger partial charge in [-0.25, -0.2) is 23.5 Å². The molecule has 0 saturated carbocycles. The molecule has 15 heavy (non-hydrogen) atoms. The summed E-state index contributed by atoms with van der Waals surface area (Å²) in [5.74, 6) is 0.448. The van der Waals surface area contributed by atoms with Crippen molar-refractivity contribution in [3.05, 3.63) is 23.2 Å². The summed E-state index contributed by atoms with van der Waals surface area (Å²) in [5.41, 5.74) is 0. The number of halogens is 1. The van der Waals surface area contributed by atoms with Gasteiger partial charge < -0.3 is 0 Å². The van der Waals surface area contributed by atoms with Crippen LogP contribution in [0.4, 0.5) is 0 Å². The lowest BCUT2D eigenvalue weighted by atomic mass is 10.1. The smallest absolute Gasteiger partial charge is 0.209 e.